The van der Waals surface area contributed by atoms with E-state index in [1.165, 1.54) is 40.5 Å². The van der Waals surface area contributed by atoms with Crippen molar-refractivity contribution in [3.05, 3.63) is 58.9 Å². The molecule has 1 amide bonds. The number of nitrogens with zero attached hydrogens (tertiary/aromatic N) is 2. The summed E-state index contributed by atoms with van der Waals surface area (Å²) in [4.78, 5) is 13.9. The summed E-state index contributed by atoms with van der Waals surface area (Å²) in [6, 6.07) is 8.70. The molecule has 1 fully saturated rings. The second-order valence-electron chi connectivity index (χ2n) is 6.50. The van der Waals surface area contributed by atoms with E-state index in [4.69, 9.17) is 11.6 Å². The summed E-state index contributed by atoms with van der Waals surface area (Å²) >= 11 is 5.80. The highest BCUT2D eigenvalue weighted by Crippen LogP contribution is 2.22. The zero-order valence-corrected chi connectivity index (χ0v) is 18.3. The van der Waals surface area contributed by atoms with Crippen LogP contribution in [0.5, 0.6) is 0 Å². The molecule has 3 rings (SSSR count). The maximum atomic E-state index is 14.2. The van der Waals surface area contributed by atoms with Crippen LogP contribution in [-0.4, -0.2) is 65.2 Å². The fourth-order valence-electron chi connectivity index (χ4n) is 3.01. The lowest BCUT2D eigenvalue weighted by Gasteiger charge is -2.34. The molecule has 1 aliphatic heterocycles. The minimum atomic E-state index is -3.85. The molecule has 2 aromatic carbocycles. The predicted molar refractivity (Wildman–Crippen MR) is 109 cm³/mol. The number of halogens is 2. The van der Waals surface area contributed by atoms with Crippen molar-refractivity contribution in [1.82, 2.24) is 13.9 Å². The zero-order valence-electron chi connectivity index (χ0n) is 15.9. The summed E-state index contributed by atoms with van der Waals surface area (Å²) in [5.41, 5.74) is -0.389. The molecule has 162 valence electrons. The highest BCUT2D eigenvalue weighted by Gasteiger charge is 2.31. The van der Waals surface area contributed by atoms with Crippen molar-refractivity contribution < 1.29 is 26.0 Å². The standard InChI is InChI=1S/C18H19ClFN3O5S2/c1-21-29(25,26)15-6-7-17(20)16(12-15)18(24)22-8-10-23(11-9-22)30(27,28)14-4-2-13(19)3-5-14/h2-7,12,21H,8-11H2,1H3. The highest BCUT2D eigenvalue weighted by molar-refractivity contribution is 7.89. The molecule has 0 spiro atoms. The molecule has 1 N–H and O–H groups in total. The van der Waals surface area contributed by atoms with E-state index in [2.05, 4.69) is 4.72 Å². The Labute approximate surface area is 179 Å². The first kappa shape index (κ1) is 22.6. The van der Waals surface area contributed by atoms with Crippen molar-refractivity contribution in [3.63, 3.8) is 0 Å². The van der Waals surface area contributed by atoms with Gasteiger partial charge in [-0.2, -0.15) is 4.31 Å². The zero-order chi connectivity index (χ0) is 22.1. The van der Waals surface area contributed by atoms with Gasteiger partial charge in [-0.25, -0.2) is 25.9 Å². The molecule has 12 heteroatoms. The van der Waals surface area contributed by atoms with Crippen LogP contribution < -0.4 is 4.72 Å². The van der Waals surface area contributed by atoms with Gasteiger partial charge in [0.25, 0.3) is 5.91 Å². The average molecular weight is 476 g/mol. The highest BCUT2D eigenvalue weighted by atomic mass is 35.5. The monoisotopic (exact) mass is 475 g/mol. The number of hydrogen-bond acceptors (Lipinski definition) is 5. The maximum absolute atomic E-state index is 14.2. The first-order valence-corrected chi connectivity index (χ1v) is 12.1. The van der Waals surface area contributed by atoms with Gasteiger partial charge in [-0.1, -0.05) is 11.6 Å². The third-order valence-electron chi connectivity index (χ3n) is 4.72. The number of rotatable bonds is 5. The number of piperazine rings is 1. The van der Waals surface area contributed by atoms with Crippen molar-refractivity contribution in [2.45, 2.75) is 9.79 Å². The van der Waals surface area contributed by atoms with Gasteiger partial charge in [0.15, 0.2) is 0 Å². The minimum absolute atomic E-state index is 0.0207. The molecular formula is C18H19ClFN3O5S2. The number of nitrogens with one attached hydrogen (secondary N) is 1. The SMILES string of the molecule is CNS(=O)(=O)c1ccc(F)c(C(=O)N2CCN(S(=O)(=O)c3ccc(Cl)cc3)CC2)c1. The van der Waals surface area contributed by atoms with Crippen LogP contribution in [-0.2, 0) is 20.0 Å². The van der Waals surface area contributed by atoms with E-state index in [1.807, 2.05) is 0 Å². The van der Waals surface area contributed by atoms with Gasteiger partial charge in [0.2, 0.25) is 20.0 Å². The summed E-state index contributed by atoms with van der Waals surface area (Å²) in [5.74, 6) is -1.56. The third kappa shape index (κ3) is 4.49. The van der Waals surface area contributed by atoms with E-state index in [0.717, 1.165) is 18.2 Å². The molecule has 8 nitrogen and oxygen atoms in total. The van der Waals surface area contributed by atoms with Crippen molar-refractivity contribution in [3.8, 4) is 0 Å². The summed E-state index contributed by atoms with van der Waals surface area (Å²) in [5, 5.41) is 0.411. The van der Waals surface area contributed by atoms with Gasteiger partial charge in [-0.15, -0.1) is 0 Å². The van der Waals surface area contributed by atoms with E-state index in [9.17, 15) is 26.0 Å². The molecule has 1 heterocycles. The van der Waals surface area contributed by atoms with Gasteiger partial charge in [-0.3, -0.25) is 4.79 Å². The fraction of sp³-hybridized carbons (Fsp3) is 0.278. The van der Waals surface area contributed by atoms with Crippen LogP contribution in [0.3, 0.4) is 0 Å². The molecule has 1 saturated heterocycles. The molecule has 1 aliphatic rings. The van der Waals surface area contributed by atoms with Crippen LogP contribution in [0, 0.1) is 5.82 Å². The van der Waals surface area contributed by atoms with Crippen LogP contribution in [0.25, 0.3) is 0 Å². The molecule has 0 aliphatic carbocycles. The predicted octanol–water partition coefficient (Wildman–Crippen LogP) is 1.53. The second kappa shape index (κ2) is 8.60. The van der Waals surface area contributed by atoms with E-state index in [1.54, 1.807) is 0 Å². The molecular weight excluding hydrogens is 457 g/mol. The van der Waals surface area contributed by atoms with Gasteiger partial charge in [0, 0.05) is 31.2 Å². The molecule has 0 unspecified atom stereocenters. The lowest BCUT2D eigenvalue weighted by atomic mass is 10.1. The van der Waals surface area contributed by atoms with Gasteiger partial charge in [0.1, 0.15) is 5.82 Å². The van der Waals surface area contributed by atoms with Gasteiger partial charge < -0.3 is 4.90 Å². The molecule has 0 radical (unpaired) electrons. The largest absolute Gasteiger partial charge is 0.336 e. The van der Waals surface area contributed by atoms with Gasteiger partial charge >= 0.3 is 0 Å². The summed E-state index contributed by atoms with van der Waals surface area (Å²) < 4.78 is 66.9. The number of benzene rings is 2. The minimum Gasteiger partial charge on any atom is -0.336 e. The average Bonchev–Trinajstić information content (AvgIpc) is 2.74. The number of amides is 1. The summed E-state index contributed by atoms with van der Waals surface area (Å²) in [6.45, 7) is 0.113. The first-order chi connectivity index (χ1) is 14.1. The molecule has 0 atom stereocenters. The van der Waals surface area contributed by atoms with Crippen molar-refractivity contribution in [1.29, 1.82) is 0 Å². The van der Waals surface area contributed by atoms with Crippen molar-refractivity contribution in [2.24, 2.45) is 0 Å². The quantitative estimate of drug-likeness (QED) is 0.706. The Hall–Kier alpha value is -2.05. The molecule has 0 bridgehead atoms. The molecule has 2 aromatic rings. The molecule has 0 saturated carbocycles. The summed E-state index contributed by atoms with van der Waals surface area (Å²) in [7, 11) is -6.39. The number of carbonyl (C=O) groups is 1. The van der Waals surface area contributed by atoms with E-state index in [0.29, 0.717) is 5.02 Å². The Bertz CT molecular complexity index is 1160. The third-order valence-corrected chi connectivity index (χ3v) is 8.30. The van der Waals surface area contributed by atoms with Crippen LogP contribution in [0.2, 0.25) is 5.02 Å². The van der Waals surface area contributed by atoms with Crippen LogP contribution in [0.1, 0.15) is 10.4 Å². The van der Waals surface area contributed by atoms with Crippen LogP contribution >= 0.6 is 11.6 Å². The Morgan fingerprint density at radius 1 is 0.967 bits per heavy atom. The van der Waals surface area contributed by atoms with Gasteiger partial charge in [-0.05, 0) is 49.5 Å². The Balaban J connectivity index is 1.76. The van der Waals surface area contributed by atoms with Crippen molar-refractivity contribution >= 4 is 37.6 Å². The molecule has 0 aromatic heterocycles. The number of hydrogen-bond donors (Lipinski definition) is 1. The van der Waals surface area contributed by atoms with E-state index < -0.39 is 31.8 Å². The van der Waals surface area contributed by atoms with E-state index >= 15 is 0 Å². The first-order valence-electron chi connectivity index (χ1n) is 8.84. The van der Waals surface area contributed by atoms with Crippen molar-refractivity contribution in [2.75, 3.05) is 33.2 Å². The Morgan fingerprint density at radius 2 is 1.53 bits per heavy atom. The number of carbonyl (C=O) groups excluding carboxylic acids is 1. The second-order valence-corrected chi connectivity index (χ2v) is 10.8. The van der Waals surface area contributed by atoms with Crippen LogP contribution in [0.15, 0.2) is 52.3 Å². The van der Waals surface area contributed by atoms with E-state index in [-0.39, 0.29) is 41.5 Å². The Morgan fingerprint density at radius 3 is 2.10 bits per heavy atom. The topological polar surface area (TPSA) is 104 Å². The smallest absolute Gasteiger partial charge is 0.256 e. The molecule has 30 heavy (non-hydrogen) atoms. The fourth-order valence-corrected chi connectivity index (χ4v) is 5.31. The maximum Gasteiger partial charge on any atom is 0.256 e. The summed E-state index contributed by atoms with van der Waals surface area (Å²) in [6.07, 6.45) is 0. The van der Waals surface area contributed by atoms with Crippen LogP contribution in [0.4, 0.5) is 4.39 Å². The lowest BCUT2D eigenvalue weighted by Crippen LogP contribution is -2.50. The normalized spacial score (nSPS) is 15.9. The Kier molecular flexibility index (Phi) is 6.48. The van der Waals surface area contributed by atoms with Gasteiger partial charge in [0.05, 0.1) is 15.4 Å². The number of sulfonamides is 2. The lowest BCUT2D eigenvalue weighted by molar-refractivity contribution is 0.0693.